The van der Waals surface area contributed by atoms with Crippen LogP contribution < -0.4 is 0 Å². The molecule has 0 spiro atoms. The second kappa shape index (κ2) is 6.03. The van der Waals surface area contributed by atoms with Crippen molar-refractivity contribution in [2.45, 2.75) is 0 Å². The molecule has 0 bridgehead atoms. The van der Waals surface area contributed by atoms with Gasteiger partial charge in [0.25, 0.3) is 0 Å². The van der Waals surface area contributed by atoms with Gasteiger partial charge in [0.2, 0.25) is 0 Å². The Morgan fingerprint density at radius 3 is 2.37 bits per heavy atom. The molecule has 0 amide bonds. The zero-order valence-corrected chi connectivity index (χ0v) is 15.5. The van der Waals surface area contributed by atoms with Crippen molar-refractivity contribution in [3.05, 3.63) is 42.2 Å². The van der Waals surface area contributed by atoms with E-state index in [1.165, 1.54) is 6.08 Å². The molecular weight excluding hydrogens is 510 g/mol. The van der Waals surface area contributed by atoms with Gasteiger partial charge in [-0.05, 0) is 81.9 Å². The molecule has 3 nitrogen and oxygen atoms in total. The molecule has 0 aromatic heterocycles. The molecule has 0 atom stereocenters. The highest BCUT2D eigenvalue weighted by atomic mass is 79.9. The monoisotopic (exact) mass is 511 g/mol. The average molecular weight is 515 g/mol. The number of aliphatic imine (C=N–C) groups is 1. The van der Waals surface area contributed by atoms with Crippen LogP contribution in [0.15, 0.2) is 47.2 Å². The van der Waals surface area contributed by atoms with Gasteiger partial charge in [0.1, 0.15) is 5.75 Å². The predicted octanol–water partition coefficient (Wildman–Crippen LogP) is 5.13. The SMILES string of the molecule is O=C1C=C(Br)C(=Nc2ccc(Br)c(O)c2Br)C=C1Br. The lowest BCUT2D eigenvalue weighted by Gasteiger charge is -2.09. The van der Waals surface area contributed by atoms with Crippen LogP contribution >= 0.6 is 63.7 Å². The van der Waals surface area contributed by atoms with Crippen LogP contribution in [0.25, 0.3) is 0 Å². The molecule has 7 heteroatoms. The third kappa shape index (κ3) is 3.26. The number of nitrogens with zero attached hydrogens (tertiary/aromatic N) is 1. The molecule has 0 aliphatic heterocycles. The van der Waals surface area contributed by atoms with E-state index in [4.69, 9.17) is 0 Å². The lowest BCUT2D eigenvalue weighted by atomic mass is 10.1. The zero-order valence-electron chi connectivity index (χ0n) is 9.12. The summed E-state index contributed by atoms with van der Waals surface area (Å²) >= 11 is 13.0. The van der Waals surface area contributed by atoms with Gasteiger partial charge >= 0.3 is 0 Å². The van der Waals surface area contributed by atoms with Crippen LogP contribution in [-0.4, -0.2) is 16.6 Å². The highest BCUT2D eigenvalue weighted by molar-refractivity contribution is 9.12. The van der Waals surface area contributed by atoms with E-state index >= 15 is 0 Å². The highest BCUT2D eigenvalue weighted by Gasteiger charge is 2.16. The van der Waals surface area contributed by atoms with Gasteiger partial charge in [-0.1, -0.05) is 0 Å². The molecule has 0 fully saturated rings. The Morgan fingerprint density at radius 2 is 1.68 bits per heavy atom. The minimum absolute atomic E-state index is 0.0804. The van der Waals surface area contributed by atoms with Gasteiger partial charge in [-0.25, -0.2) is 4.99 Å². The van der Waals surface area contributed by atoms with Crippen LogP contribution in [0.3, 0.4) is 0 Å². The van der Waals surface area contributed by atoms with Gasteiger partial charge in [0.15, 0.2) is 5.78 Å². The molecule has 1 aromatic rings. The molecule has 1 aromatic carbocycles. The maximum absolute atomic E-state index is 11.4. The van der Waals surface area contributed by atoms with E-state index in [0.717, 1.165) is 0 Å². The summed E-state index contributed by atoms with van der Waals surface area (Å²) in [7, 11) is 0. The van der Waals surface area contributed by atoms with Crippen molar-refractivity contribution in [1.29, 1.82) is 0 Å². The van der Waals surface area contributed by atoms with E-state index in [9.17, 15) is 9.90 Å². The van der Waals surface area contributed by atoms with Crippen LogP contribution in [0, 0.1) is 0 Å². The fourth-order valence-electron chi connectivity index (χ4n) is 1.35. The average Bonchev–Trinajstić information content (AvgIpc) is 2.36. The number of hydrogen-bond donors (Lipinski definition) is 1. The van der Waals surface area contributed by atoms with Gasteiger partial charge in [-0.15, -0.1) is 0 Å². The van der Waals surface area contributed by atoms with Crippen molar-refractivity contribution in [3.8, 4) is 5.75 Å². The summed E-state index contributed by atoms with van der Waals surface area (Å²) in [6.07, 6.45) is 3.06. The first-order valence-corrected chi connectivity index (χ1v) is 8.12. The molecule has 1 aliphatic rings. The Labute approximate surface area is 143 Å². The Kier molecular flexibility index (Phi) is 4.81. The van der Waals surface area contributed by atoms with Crippen molar-refractivity contribution in [1.82, 2.24) is 0 Å². The molecule has 0 heterocycles. The number of ketones is 1. The van der Waals surface area contributed by atoms with E-state index in [0.29, 0.717) is 29.3 Å². The number of carbonyl (C=O) groups excluding carboxylic acids is 1. The first kappa shape index (κ1) is 15.2. The van der Waals surface area contributed by atoms with E-state index < -0.39 is 0 Å². The van der Waals surface area contributed by atoms with Crippen molar-refractivity contribution in [2.75, 3.05) is 0 Å². The van der Waals surface area contributed by atoms with Gasteiger partial charge in [-0.2, -0.15) is 0 Å². The second-order valence-corrected chi connectivity index (χ2v) is 6.93. The van der Waals surface area contributed by atoms with Crippen molar-refractivity contribution in [2.24, 2.45) is 4.99 Å². The summed E-state index contributed by atoms with van der Waals surface area (Å²) in [5.74, 6) is -0.0413. The van der Waals surface area contributed by atoms with Crippen molar-refractivity contribution >= 4 is 80.9 Å². The number of rotatable bonds is 1. The standard InChI is InChI=1S/C12H5Br4NO2/c13-5-1-2-8(11(16)12(5)19)17-9-3-7(15)10(18)4-6(9)14/h1-4,19H. The van der Waals surface area contributed by atoms with E-state index in [2.05, 4.69) is 68.7 Å². The van der Waals surface area contributed by atoms with Crippen LogP contribution in [0.1, 0.15) is 0 Å². The fraction of sp³-hybridized carbons (Fsp3) is 0. The maximum Gasteiger partial charge on any atom is 0.194 e. The molecule has 0 saturated carbocycles. The molecule has 2 rings (SSSR count). The Balaban J connectivity index is 2.51. The maximum atomic E-state index is 11.4. The van der Waals surface area contributed by atoms with E-state index in [1.54, 1.807) is 18.2 Å². The Bertz CT molecular complexity index is 662. The molecule has 1 aliphatic carbocycles. The Morgan fingerprint density at radius 1 is 1.00 bits per heavy atom. The number of allylic oxidation sites excluding steroid dienone is 4. The van der Waals surface area contributed by atoms with E-state index in [1.807, 2.05) is 0 Å². The topological polar surface area (TPSA) is 49.7 Å². The molecule has 98 valence electrons. The van der Waals surface area contributed by atoms with E-state index in [-0.39, 0.29) is 11.5 Å². The second-order valence-electron chi connectivity index (χ2n) is 3.57. The van der Waals surface area contributed by atoms with Crippen molar-refractivity contribution in [3.63, 3.8) is 0 Å². The van der Waals surface area contributed by atoms with Crippen LogP contribution in [-0.2, 0) is 4.79 Å². The summed E-state index contributed by atoms with van der Waals surface area (Å²) in [6.45, 7) is 0. The first-order chi connectivity index (χ1) is 8.90. The summed E-state index contributed by atoms with van der Waals surface area (Å²) in [4.78, 5) is 15.8. The summed E-state index contributed by atoms with van der Waals surface area (Å²) in [5, 5.41) is 9.81. The third-order valence-electron chi connectivity index (χ3n) is 2.29. The lowest BCUT2D eigenvalue weighted by Crippen LogP contribution is -2.06. The number of hydrogen-bond acceptors (Lipinski definition) is 3. The number of carbonyl (C=O) groups is 1. The van der Waals surface area contributed by atoms with Crippen LogP contribution in [0.4, 0.5) is 5.69 Å². The lowest BCUT2D eigenvalue weighted by molar-refractivity contribution is -0.110. The van der Waals surface area contributed by atoms with Gasteiger partial charge in [0.05, 0.1) is 24.8 Å². The number of halogens is 4. The summed E-state index contributed by atoms with van der Waals surface area (Å²) in [6, 6.07) is 3.45. The molecular formula is C12H5Br4NO2. The minimum atomic E-state index is -0.122. The Hall–Kier alpha value is -0.240. The van der Waals surface area contributed by atoms with Crippen LogP contribution in [0.5, 0.6) is 5.75 Å². The number of aromatic hydroxyl groups is 1. The largest absolute Gasteiger partial charge is 0.505 e. The molecule has 0 saturated heterocycles. The third-order valence-corrected chi connectivity index (χ3v) is 4.97. The molecule has 19 heavy (non-hydrogen) atoms. The smallest absolute Gasteiger partial charge is 0.194 e. The van der Waals surface area contributed by atoms with Gasteiger partial charge in [-0.3, -0.25) is 4.79 Å². The molecule has 0 radical (unpaired) electrons. The number of phenolic OH excluding ortho intramolecular Hbond substituents is 1. The molecule has 1 N–H and O–H groups in total. The summed E-state index contributed by atoms with van der Waals surface area (Å²) < 4.78 is 2.09. The zero-order chi connectivity index (χ0) is 14.2. The molecule has 0 unspecified atom stereocenters. The highest BCUT2D eigenvalue weighted by Crippen LogP contribution is 2.39. The number of benzene rings is 1. The quantitative estimate of drug-likeness (QED) is 0.528. The van der Waals surface area contributed by atoms with Gasteiger partial charge < -0.3 is 5.11 Å². The van der Waals surface area contributed by atoms with Crippen LogP contribution in [0.2, 0.25) is 0 Å². The minimum Gasteiger partial charge on any atom is -0.505 e. The number of phenols is 1. The first-order valence-electron chi connectivity index (χ1n) is 4.95. The summed E-state index contributed by atoms with van der Waals surface area (Å²) in [5.41, 5.74) is 1.15. The fourth-order valence-corrected chi connectivity index (χ4v) is 3.12. The van der Waals surface area contributed by atoms with Crippen molar-refractivity contribution < 1.29 is 9.90 Å². The predicted molar refractivity (Wildman–Crippen MR) is 89.6 cm³/mol. The normalized spacial score (nSPS) is 17.5. The van der Waals surface area contributed by atoms with Gasteiger partial charge in [0, 0.05) is 10.6 Å².